The summed E-state index contributed by atoms with van der Waals surface area (Å²) in [5.41, 5.74) is 0. The molecule has 0 bridgehead atoms. The number of halogens is 4. The molecule has 0 aromatic carbocycles. The van der Waals surface area contributed by atoms with E-state index in [0.717, 1.165) is 0 Å². The van der Waals surface area contributed by atoms with Crippen molar-refractivity contribution in [1.82, 2.24) is 0 Å². The number of rotatable bonds is 0. The van der Waals surface area contributed by atoms with E-state index in [0.29, 0.717) is 0 Å². The minimum absolute atomic E-state index is 0. The Morgan fingerprint density at radius 2 is 1.45 bits per heavy atom. The average molecular weight is 170 g/mol. The first-order valence-corrected chi connectivity index (χ1v) is 2.08. The molecular formula is C4H2F4N2O. The Hall–Kier alpha value is -1.34. The summed E-state index contributed by atoms with van der Waals surface area (Å²) < 4.78 is 40.4. The third-order valence-electron chi connectivity index (χ3n) is 0.246. The summed E-state index contributed by atoms with van der Waals surface area (Å²) in [5, 5.41) is 15.2. The second-order valence-corrected chi connectivity index (χ2v) is 1.02. The minimum Gasteiger partial charge on any atom is -0.197 e. The third-order valence-corrected chi connectivity index (χ3v) is 0.246. The van der Waals surface area contributed by atoms with Crippen molar-refractivity contribution in [1.29, 1.82) is 10.5 Å². The number of nitrogens with zero attached hydrogens (tertiary/aromatic N) is 2. The molecular weight excluding hydrogens is 168 g/mol. The monoisotopic (exact) mass is 170 g/mol. The van der Waals surface area contributed by atoms with E-state index in [2.05, 4.69) is 0 Å². The van der Waals surface area contributed by atoms with Crippen molar-refractivity contribution in [3.8, 4) is 12.1 Å². The summed E-state index contributed by atoms with van der Waals surface area (Å²) in [7, 11) is 0. The van der Waals surface area contributed by atoms with Gasteiger partial charge in [0.15, 0.2) is 0 Å². The molecule has 7 heteroatoms. The molecule has 0 aliphatic rings. The summed E-state index contributed by atoms with van der Waals surface area (Å²) >= 11 is 0. The fraction of sp³-hybridized carbons (Fsp3) is 0.500. The van der Waals surface area contributed by atoms with Crippen molar-refractivity contribution in [2.45, 2.75) is 12.8 Å². The second-order valence-electron chi connectivity index (χ2n) is 1.02. The van der Waals surface area contributed by atoms with E-state index in [1.165, 1.54) is 4.94 Å². The lowest BCUT2D eigenvalue weighted by Gasteiger charge is -1.91. The van der Waals surface area contributed by atoms with Crippen molar-refractivity contribution >= 4 is 0 Å². The van der Waals surface area contributed by atoms with Gasteiger partial charge >= 0.3 is 6.36 Å². The summed E-state index contributed by atoms with van der Waals surface area (Å²) in [4.78, 5) is 1.44. The van der Waals surface area contributed by atoms with Crippen LogP contribution in [0, 0.1) is 22.7 Å². The van der Waals surface area contributed by atoms with E-state index >= 15 is 0 Å². The van der Waals surface area contributed by atoms with Crippen molar-refractivity contribution in [2.75, 3.05) is 0 Å². The molecule has 0 spiro atoms. The molecule has 0 rings (SSSR count). The largest absolute Gasteiger partial charge is 0.553 e. The Balaban J connectivity index is 0. The molecule has 62 valence electrons. The van der Waals surface area contributed by atoms with E-state index < -0.39 is 6.36 Å². The summed E-state index contributed by atoms with van der Waals surface area (Å²) in [6, 6.07) is 3.31. The van der Waals surface area contributed by atoms with Crippen LogP contribution in [-0.2, 0) is 4.94 Å². The first-order valence-electron chi connectivity index (χ1n) is 2.08. The molecule has 0 saturated carbocycles. The maximum atomic E-state index is 10.2. The molecule has 0 atom stereocenters. The van der Waals surface area contributed by atoms with Gasteiger partial charge in [0.05, 0.1) is 12.1 Å². The smallest absolute Gasteiger partial charge is 0.197 e. The molecule has 0 aliphatic carbocycles. The zero-order valence-corrected chi connectivity index (χ0v) is 5.02. The minimum atomic E-state index is -5.12. The van der Waals surface area contributed by atoms with Gasteiger partial charge in [-0.1, -0.05) is 4.94 Å². The Labute approximate surface area is 59.3 Å². The fourth-order valence-electron chi connectivity index (χ4n) is 0.0354. The van der Waals surface area contributed by atoms with Crippen molar-refractivity contribution in [3.05, 3.63) is 0 Å². The van der Waals surface area contributed by atoms with Gasteiger partial charge in [-0.15, -0.1) is 13.2 Å². The molecule has 0 aliphatic heterocycles. The van der Waals surface area contributed by atoms with Crippen LogP contribution in [0.1, 0.15) is 6.42 Å². The molecule has 0 aromatic heterocycles. The van der Waals surface area contributed by atoms with E-state index in [-0.39, 0.29) is 6.42 Å². The van der Waals surface area contributed by atoms with Crippen LogP contribution >= 0.6 is 0 Å². The highest BCUT2D eigenvalue weighted by atomic mass is 19.5. The van der Waals surface area contributed by atoms with Gasteiger partial charge in [-0.05, 0) is 4.53 Å². The highest BCUT2D eigenvalue weighted by molar-refractivity contribution is 4.85. The van der Waals surface area contributed by atoms with Gasteiger partial charge in [-0.25, -0.2) is 0 Å². The SMILES string of the molecule is FOC(F)(F)F.N#CCC#N. The summed E-state index contributed by atoms with van der Waals surface area (Å²) in [5.74, 6) is 0. The summed E-state index contributed by atoms with van der Waals surface area (Å²) in [6.45, 7) is 0. The molecule has 0 saturated heterocycles. The van der Waals surface area contributed by atoms with Gasteiger partial charge in [-0.3, -0.25) is 0 Å². The Morgan fingerprint density at radius 1 is 1.18 bits per heavy atom. The molecule has 11 heavy (non-hydrogen) atoms. The van der Waals surface area contributed by atoms with Gasteiger partial charge in [0.25, 0.3) is 0 Å². The van der Waals surface area contributed by atoms with Gasteiger partial charge < -0.3 is 0 Å². The molecule has 0 aromatic rings. The number of hydrogen-bond donors (Lipinski definition) is 0. The highest BCUT2D eigenvalue weighted by Gasteiger charge is 2.30. The summed E-state index contributed by atoms with van der Waals surface area (Å²) in [6.07, 6.45) is -5.12. The van der Waals surface area contributed by atoms with E-state index in [4.69, 9.17) is 10.5 Å². The average Bonchev–Trinajstić information content (AvgIpc) is 1.90. The van der Waals surface area contributed by atoms with Gasteiger partial charge in [0.2, 0.25) is 0 Å². The van der Waals surface area contributed by atoms with Crippen molar-refractivity contribution in [2.24, 2.45) is 0 Å². The number of hydrogen-bond acceptors (Lipinski definition) is 3. The van der Waals surface area contributed by atoms with Gasteiger partial charge in [0.1, 0.15) is 6.42 Å². The van der Waals surface area contributed by atoms with Gasteiger partial charge in [-0.2, -0.15) is 10.5 Å². The van der Waals surface area contributed by atoms with E-state index in [1.54, 1.807) is 12.1 Å². The molecule has 0 radical (unpaired) electrons. The zero-order chi connectivity index (χ0) is 9.33. The normalized spacial score (nSPS) is 8.55. The maximum absolute atomic E-state index is 10.2. The number of alkyl halides is 3. The molecule has 3 nitrogen and oxygen atoms in total. The standard InChI is InChI=1S/C3H2N2.CF4O/c4-2-1-3-5;2-1(3,4)6-5/h1H2;. The fourth-order valence-corrected chi connectivity index (χ4v) is 0.0354. The molecule has 0 fully saturated rings. The molecule has 0 unspecified atom stereocenters. The predicted octanol–water partition coefficient (Wildman–Crippen LogP) is 1.83. The Kier molecular flexibility index (Phi) is 7.61. The van der Waals surface area contributed by atoms with Crippen LogP contribution in [0.15, 0.2) is 0 Å². The Morgan fingerprint density at radius 3 is 1.45 bits per heavy atom. The van der Waals surface area contributed by atoms with Crippen LogP contribution in [0.2, 0.25) is 0 Å². The first-order chi connectivity index (χ1) is 4.97. The van der Waals surface area contributed by atoms with Crippen LogP contribution in [0.5, 0.6) is 0 Å². The molecule has 0 N–H and O–H groups in total. The van der Waals surface area contributed by atoms with Crippen molar-refractivity contribution in [3.63, 3.8) is 0 Å². The van der Waals surface area contributed by atoms with E-state index in [1.807, 2.05) is 0 Å². The Bertz CT molecular complexity index is 152. The topological polar surface area (TPSA) is 56.8 Å². The van der Waals surface area contributed by atoms with Crippen LogP contribution < -0.4 is 0 Å². The predicted molar refractivity (Wildman–Crippen MR) is 24.1 cm³/mol. The van der Waals surface area contributed by atoms with Crippen LogP contribution in [-0.4, -0.2) is 6.36 Å². The van der Waals surface area contributed by atoms with Crippen LogP contribution in [0.3, 0.4) is 0 Å². The molecule has 0 amide bonds. The van der Waals surface area contributed by atoms with Crippen LogP contribution in [0.25, 0.3) is 0 Å². The molecule has 0 heterocycles. The number of nitriles is 2. The van der Waals surface area contributed by atoms with Crippen molar-refractivity contribution < 1.29 is 22.6 Å². The maximum Gasteiger partial charge on any atom is 0.553 e. The lowest BCUT2D eigenvalue weighted by Crippen LogP contribution is -2.05. The quantitative estimate of drug-likeness (QED) is 0.521. The zero-order valence-electron chi connectivity index (χ0n) is 5.02. The van der Waals surface area contributed by atoms with Crippen LogP contribution in [0.4, 0.5) is 17.7 Å². The van der Waals surface area contributed by atoms with Gasteiger partial charge in [0, 0.05) is 0 Å². The second kappa shape index (κ2) is 6.78. The highest BCUT2D eigenvalue weighted by Crippen LogP contribution is 2.15. The third kappa shape index (κ3) is 28.7. The lowest BCUT2D eigenvalue weighted by molar-refractivity contribution is -0.416. The first kappa shape index (κ1) is 12.3. The lowest BCUT2D eigenvalue weighted by atomic mass is 10.5. The van der Waals surface area contributed by atoms with E-state index in [9.17, 15) is 17.7 Å².